The van der Waals surface area contributed by atoms with Crippen molar-refractivity contribution < 1.29 is 9.84 Å². The lowest BCUT2D eigenvalue weighted by atomic mass is 10.1. The van der Waals surface area contributed by atoms with E-state index in [1.807, 2.05) is 36.2 Å². The van der Waals surface area contributed by atoms with Crippen molar-refractivity contribution in [3.8, 4) is 0 Å². The fraction of sp³-hybridized carbons (Fsp3) is 0.333. The van der Waals surface area contributed by atoms with Gasteiger partial charge in [-0.2, -0.15) is 0 Å². The standard InChI is InChI=1S/C15H20N4O2/c1-19(8-10(20)9-21-2)14-7-12(15(16)17)11-5-3-4-6-13(11)18-14/h3-7,10,20H,8-9H2,1-2H3,(H3,16,17). The Hall–Kier alpha value is -2.18. The van der Waals surface area contributed by atoms with Gasteiger partial charge in [0.25, 0.3) is 0 Å². The molecule has 6 nitrogen and oxygen atoms in total. The average molecular weight is 288 g/mol. The highest BCUT2D eigenvalue weighted by molar-refractivity contribution is 6.07. The smallest absolute Gasteiger partial charge is 0.129 e. The summed E-state index contributed by atoms with van der Waals surface area (Å²) in [6.45, 7) is 0.647. The Morgan fingerprint density at radius 3 is 2.86 bits per heavy atom. The molecule has 21 heavy (non-hydrogen) atoms. The summed E-state index contributed by atoms with van der Waals surface area (Å²) < 4.78 is 4.92. The summed E-state index contributed by atoms with van der Waals surface area (Å²) in [7, 11) is 3.38. The Balaban J connectivity index is 2.38. The normalized spacial score (nSPS) is 12.3. The lowest BCUT2D eigenvalue weighted by molar-refractivity contribution is 0.0694. The molecule has 0 aliphatic rings. The van der Waals surface area contributed by atoms with Crippen molar-refractivity contribution in [2.24, 2.45) is 5.73 Å². The van der Waals surface area contributed by atoms with Gasteiger partial charge < -0.3 is 20.5 Å². The van der Waals surface area contributed by atoms with Crippen LogP contribution in [-0.4, -0.2) is 49.3 Å². The predicted molar refractivity (Wildman–Crippen MR) is 83.9 cm³/mol. The number of nitrogens with one attached hydrogen (secondary N) is 1. The maximum Gasteiger partial charge on any atom is 0.129 e. The second kappa shape index (κ2) is 6.51. The van der Waals surface area contributed by atoms with Crippen LogP contribution in [0.4, 0.5) is 5.82 Å². The summed E-state index contributed by atoms with van der Waals surface area (Å²) in [5.74, 6) is 0.662. The van der Waals surface area contributed by atoms with Gasteiger partial charge in [-0.15, -0.1) is 0 Å². The zero-order valence-corrected chi connectivity index (χ0v) is 12.2. The minimum Gasteiger partial charge on any atom is -0.389 e. The second-order valence-electron chi connectivity index (χ2n) is 4.95. The Morgan fingerprint density at radius 2 is 2.19 bits per heavy atom. The number of aliphatic hydroxyl groups excluding tert-OH is 1. The molecule has 112 valence electrons. The van der Waals surface area contributed by atoms with Crippen molar-refractivity contribution >= 4 is 22.6 Å². The van der Waals surface area contributed by atoms with E-state index in [9.17, 15) is 5.11 Å². The fourth-order valence-electron chi connectivity index (χ4n) is 2.23. The van der Waals surface area contributed by atoms with Gasteiger partial charge in [-0.3, -0.25) is 5.41 Å². The molecule has 1 aromatic heterocycles. The molecule has 0 amide bonds. The number of likely N-dealkylation sites (N-methyl/N-ethyl adjacent to an activating group) is 1. The van der Waals surface area contributed by atoms with E-state index in [1.54, 1.807) is 13.2 Å². The van der Waals surface area contributed by atoms with Crippen LogP contribution in [0.3, 0.4) is 0 Å². The maximum atomic E-state index is 9.81. The monoisotopic (exact) mass is 288 g/mol. The van der Waals surface area contributed by atoms with Crippen LogP contribution in [0.5, 0.6) is 0 Å². The molecule has 2 aromatic rings. The lowest BCUT2D eigenvalue weighted by Gasteiger charge is -2.22. The van der Waals surface area contributed by atoms with Crippen LogP contribution in [0.2, 0.25) is 0 Å². The van der Waals surface area contributed by atoms with Crippen LogP contribution < -0.4 is 10.6 Å². The number of ether oxygens (including phenoxy) is 1. The van der Waals surface area contributed by atoms with Gasteiger partial charge in [0.15, 0.2) is 0 Å². The van der Waals surface area contributed by atoms with Crippen molar-refractivity contribution in [2.75, 3.05) is 32.2 Å². The quantitative estimate of drug-likeness (QED) is 0.543. The van der Waals surface area contributed by atoms with Gasteiger partial charge in [-0.05, 0) is 12.1 Å². The van der Waals surface area contributed by atoms with E-state index in [0.717, 1.165) is 10.9 Å². The van der Waals surface area contributed by atoms with Gasteiger partial charge in [0.05, 0.1) is 18.2 Å². The minimum atomic E-state index is -0.603. The van der Waals surface area contributed by atoms with E-state index in [-0.39, 0.29) is 12.4 Å². The highest BCUT2D eigenvalue weighted by Gasteiger charge is 2.13. The van der Waals surface area contributed by atoms with Crippen LogP contribution >= 0.6 is 0 Å². The van der Waals surface area contributed by atoms with Crippen molar-refractivity contribution in [3.05, 3.63) is 35.9 Å². The molecule has 0 saturated heterocycles. The molecule has 0 radical (unpaired) electrons. The Morgan fingerprint density at radius 1 is 1.48 bits per heavy atom. The molecule has 1 atom stereocenters. The van der Waals surface area contributed by atoms with Crippen molar-refractivity contribution in [2.45, 2.75) is 6.10 Å². The number of fused-ring (bicyclic) bond motifs is 1. The van der Waals surface area contributed by atoms with E-state index in [0.29, 0.717) is 17.9 Å². The number of hydrogen-bond acceptors (Lipinski definition) is 5. The second-order valence-corrected chi connectivity index (χ2v) is 4.95. The first kappa shape index (κ1) is 15.2. The Bertz CT molecular complexity index is 645. The SMILES string of the molecule is COCC(O)CN(C)c1cc(C(=N)N)c2ccccc2n1. The summed E-state index contributed by atoms with van der Waals surface area (Å²) in [6.07, 6.45) is -0.603. The number of nitrogens with zero attached hydrogens (tertiary/aromatic N) is 2. The molecule has 0 fully saturated rings. The van der Waals surface area contributed by atoms with Crippen LogP contribution in [-0.2, 0) is 4.74 Å². The van der Waals surface area contributed by atoms with Gasteiger partial charge in [0.2, 0.25) is 0 Å². The molecule has 1 aromatic carbocycles. The minimum absolute atomic E-state index is 0.000639. The van der Waals surface area contributed by atoms with Gasteiger partial charge in [0.1, 0.15) is 11.7 Å². The molecule has 4 N–H and O–H groups in total. The molecule has 0 aliphatic carbocycles. The van der Waals surface area contributed by atoms with Crippen LogP contribution in [0.25, 0.3) is 10.9 Å². The van der Waals surface area contributed by atoms with Crippen molar-refractivity contribution in [1.82, 2.24) is 4.98 Å². The Labute approximate surface area is 123 Å². The number of amidine groups is 1. The molecule has 1 unspecified atom stereocenters. The first-order valence-electron chi connectivity index (χ1n) is 6.65. The number of aliphatic hydroxyl groups is 1. The lowest BCUT2D eigenvalue weighted by Crippen LogP contribution is -2.32. The number of hydrogen-bond donors (Lipinski definition) is 3. The first-order valence-corrected chi connectivity index (χ1v) is 6.65. The number of rotatable bonds is 6. The van der Waals surface area contributed by atoms with Crippen LogP contribution in [0.15, 0.2) is 30.3 Å². The Kier molecular flexibility index (Phi) is 4.72. The predicted octanol–water partition coefficient (Wildman–Crippen LogP) is 0.962. The number of nitrogens with two attached hydrogens (primary N) is 1. The highest BCUT2D eigenvalue weighted by Crippen LogP contribution is 2.22. The molecule has 6 heteroatoms. The molecule has 0 bridgehead atoms. The molecule has 0 spiro atoms. The number of nitrogen functional groups attached to an aromatic ring is 1. The zero-order chi connectivity index (χ0) is 15.4. The summed E-state index contributed by atoms with van der Waals surface area (Å²) in [6, 6.07) is 9.32. The average Bonchev–Trinajstić information content (AvgIpc) is 2.46. The van der Waals surface area contributed by atoms with Gasteiger partial charge in [-0.1, -0.05) is 18.2 Å². The molecule has 2 rings (SSSR count). The molecule has 1 heterocycles. The molecule has 0 aliphatic heterocycles. The fourth-order valence-corrected chi connectivity index (χ4v) is 2.23. The third kappa shape index (κ3) is 3.48. The van der Waals surface area contributed by atoms with Gasteiger partial charge >= 0.3 is 0 Å². The van der Waals surface area contributed by atoms with Crippen LogP contribution in [0, 0.1) is 5.41 Å². The van der Waals surface area contributed by atoms with E-state index >= 15 is 0 Å². The summed E-state index contributed by atoms with van der Waals surface area (Å²) in [5.41, 5.74) is 7.08. The van der Waals surface area contributed by atoms with E-state index in [1.165, 1.54) is 0 Å². The maximum absolute atomic E-state index is 9.81. The number of pyridine rings is 1. The van der Waals surface area contributed by atoms with Gasteiger partial charge in [0, 0.05) is 31.7 Å². The topological polar surface area (TPSA) is 95.5 Å². The first-order chi connectivity index (χ1) is 10.0. The third-order valence-corrected chi connectivity index (χ3v) is 3.23. The molecular weight excluding hydrogens is 268 g/mol. The van der Waals surface area contributed by atoms with Gasteiger partial charge in [-0.25, -0.2) is 4.98 Å². The van der Waals surface area contributed by atoms with E-state index in [4.69, 9.17) is 15.9 Å². The summed E-state index contributed by atoms with van der Waals surface area (Å²) in [4.78, 5) is 6.38. The molecular formula is C15H20N4O2. The number of aromatic nitrogens is 1. The number of para-hydroxylation sites is 1. The number of benzene rings is 1. The van der Waals surface area contributed by atoms with Crippen molar-refractivity contribution in [3.63, 3.8) is 0 Å². The highest BCUT2D eigenvalue weighted by atomic mass is 16.5. The summed E-state index contributed by atoms with van der Waals surface area (Å²) in [5, 5.41) is 18.4. The largest absolute Gasteiger partial charge is 0.389 e. The summed E-state index contributed by atoms with van der Waals surface area (Å²) >= 11 is 0. The zero-order valence-electron chi connectivity index (χ0n) is 12.2. The van der Waals surface area contributed by atoms with Crippen molar-refractivity contribution in [1.29, 1.82) is 5.41 Å². The number of methoxy groups -OCH3 is 1. The third-order valence-electron chi connectivity index (χ3n) is 3.23. The number of anilines is 1. The molecule has 0 saturated carbocycles. The van der Waals surface area contributed by atoms with E-state index in [2.05, 4.69) is 4.98 Å². The van der Waals surface area contributed by atoms with E-state index < -0.39 is 6.10 Å². The van der Waals surface area contributed by atoms with Crippen LogP contribution in [0.1, 0.15) is 5.56 Å².